The van der Waals surface area contributed by atoms with E-state index in [1.165, 1.54) is 0 Å². The van der Waals surface area contributed by atoms with Crippen LogP contribution in [0, 0.1) is 0 Å². The van der Waals surface area contributed by atoms with E-state index in [1.807, 2.05) is 90.4 Å². The van der Waals surface area contributed by atoms with Gasteiger partial charge in [0.25, 0.3) is 5.91 Å². The molecule has 33 heavy (non-hydrogen) atoms. The number of benzene rings is 3. The topological polar surface area (TPSA) is 61.9 Å². The highest BCUT2D eigenvalue weighted by Crippen LogP contribution is 2.42. The predicted octanol–water partition coefficient (Wildman–Crippen LogP) is 5.41. The van der Waals surface area contributed by atoms with Crippen molar-refractivity contribution < 1.29 is 14.3 Å². The number of anilines is 2. The van der Waals surface area contributed by atoms with Gasteiger partial charge in [-0.3, -0.25) is 9.69 Å². The minimum atomic E-state index is -0.209. The van der Waals surface area contributed by atoms with Crippen LogP contribution in [0.25, 0.3) is 0 Å². The summed E-state index contributed by atoms with van der Waals surface area (Å²) in [6.45, 7) is 4.47. The molecule has 3 aromatic carbocycles. The average Bonchev–Trinajstić information content (AvgIpc) is 2.85. The van der Waals surface area contributed by atoms with E-state index in [1.54, 1.807) is 19.2 Å². The van der Waals surface area contributed by atoms with E-state index in [0.29, 0.717) is 24.3 Å². The van der Waals surface area contributed by atoms with E-state index in [4.69, 9.17) is 4.74 Å². The molecule has 3 aromatic rings. The van der Waals surface area contributed by atoms with Crippen LogP contribution in [0.3, 0.4) is 0 Å². The summed E-state index contributed by atoms with van der Waals surface area (Å²) in [5, 5.41) is 2.95. The van der Waals surface area contributed by atoms with Crippen molar-refractivity contribution in [3.8, 4) is 5.75 Å². The van der Waals surface area contributed by atoms with Crippen molar-refractivity contribution in [3.63, 3.8) is 0 Å². The summed E-state index contributed by atoms with van der Waals surface area (Å²) in [5.74, 6) is 0.555. The van der Waals surface area contributed by atoms with E-state index >= 15 is 0 Å². The van der Waals surface area contributed by atoms with E-state index in [2.05, 4.69) is 5.32 Å². The zero-order chi connectivity index (χ0) is 23.4. The number of hydrogen-bond acceptors (Lipinski definition) is 3. The minimum absolute atomic E-state index is 0.0865. The van der Waals surface area contributed by atoms with Crippen molar-refractivity contribution in [1.29, 1.82) is 0 Å². The number of para-hydroxylation sites is 2. The fraction of sp³-hybridized carbons (Fsp3) is 0.259. The number of carbonyl (C=O) groups is 2. The molecule has 0 saturated heterocycles. The molecular weight excluding hydrogens is 414 g/mol. The lowest BCUT2D eigenvalue weighted by molar-refractivity contribution is 0.0973. The summed E-state index contributed by atoms with van der Waals surface area (Å²) in [6.07, 6.45) is 0.610. The molecule has 4 rings (SSSR count). The molecule has 0 unspecified atom stereocenters. The Morgan fingerprint density at radius 1 is 1.03 bits per heavy atom. The van der Waals surface area contributed by atoms with Crippen molar-refractivity contribution in [2.24, 2.45) is 0 Å². The third-order valence-corrected chi connectivity index (χ3v) is 5.99. The van der Waals surface area contributed by atoms with Gasteiger partial charge in [0, 0.05) is 29.5 Å². The number of carbonyl (C=O) groups excluding carboxylic acids is 2. The standard InChI is InChI=1S/C27H29N3O3/c1-4-28-27(32)30(21-12-6-5-7-13-21)25-17-19(2)29(24-16-9-8-15-23(24)25)26(31)20-11-10-14-22(18-20)33-3/h5-16,18-19,25H,4,17H2,1-3H3,(H,28,32)/t19-,25+/m0/s1. The fourth-order valence-electron chi connectivity index (χ4n) is 4.49. The Balaban J connectivity index is 1.77. The first-order valence-electron chi connectivity index (χ1n) is 11.2. The summed E-state index contributed by atoms with van der Waals surface area (Å²) >= 11 is 0. The molecule has 0 fully saturated rings. The smallest absolute Gasteiger partial charge is 0.322 e. The Kier molecular flexibility index (Phi) is 6.63. The molecule has 6 heteroatoms. The Hall–Kier alpha value is -3.80. The van der Waals surface area contributed by atoms with Gasteiger partial charge in [-0.25, -0.2) is 4.79 Å². The van der Waals surface area contributed by atoms with E-state index in [9.17, 15) is 9.59 Å². The van der Waals surface area contributed by atoms with Gasteiger partial charge < -0.3 is 15.0 Å². The van der Waals surface area contributed by atoms with Crippen LogP contribution in [0.4, 0.5) is 16.2 Å². The van der Waals surface area contributed by atoms with Gasteiger partial charge in [0.2, 0.25) is 0 Å². The van der Waals surface area contributed by atoms with Gasteiger partial charge in [0.15, 0.2) is 0 Å². The number of nitrogens with zero attached hydrogens (tertiary/aromatic N) is 2. The quantitative estimate of drug-likeness (QED) is 0.573. The maximum absolute atomic E-state index is 13.6. The molecule has 1 N–H and O–H groups in total. The van der Waals surface area contributed by atoms with Crippen LogP contribution in [-0.4, -0.2) is 31.6 Å². The number of rotatable bonds is 5. The summed E-state index contributed by atoms with van der Waals surface area (Å²) in [4.78, 5) is 30.4. The Labute approximate surface area is 194 Å². The highest BCUT2D eigenvalue weighted by Gasteiger charge is 2.38. The minimum Gasteiger partial charge on any atom is -0.497 e. The van der Waals surface area contributed by atoms with Crippen LogP contribution in [0.2, 0.25) is 0 Å². The van der Waals surface area contributed by atoms with Gasteiger partial charge >= 0.3 is 6.03 Å². The molecule has 2 atom stereocenters. The summed E-state index contributed by atoms with van der Waals surface area (Å²) in [7, 11) is 1.59. The van der Waals surface area contributed by atoms with Gasteiger partial charge in [-0.05, 0) is 62.2 Å². The van der Waals surface area contributed by atoms with Crippen LogP contribution >= 0.6 is 0 Å². The lowest BCUT2D eigenvalue weighted by Gasteiger charge is -2.43. The van der Waals surface area contributed by atoms with Crippen molar-refractivity contribution in [2.75, 3.05) is 23.5 Å². The molecule has 1 heterocycles. The lowest BCUT2D eigenvalue weighted by atomic mass is 9.89. The normalized spacial score (nSPS) is 17.1. The van der Waals surface area contributed by atoms with Gasteiger partial charge in [-0.1, -0.05) is 42.5 Å². The molecular formula is C27H29N3O3. The molecule has 1 aliphatic heterocycles. The first-order valence-corrected chi connectivity index (χ1v) is 11.2. The molecule has 1 aliphatic rings. The molecule has 0 aliphatic carbocycles. The first-order chi connectivity index (χ1) is 16.0. The molecule has 0 spiro atoms. The van der Waals surface area contributed by atoms with Crippen molar-refractivity contribution in [3.05, 3.63) is 90.0 Å². The highest BCUT2D eigenvalue weighted by molar-refractivity contribution is 6.07. The van der Waals surface area contributed by atoms with Crippen LogP contribution in [-0.2, 0) is 0 Å². The molecule has 0 aromatic heterocycles. The Morgan fingerprint density at radius 2 is 1.76 bits per heavy atom. The number of ether oxygens (including phenoxy) is 1. The monoisotopic (exact) mass is 443 g/mol. The second-order valence-corrected chi connectivity index (χ2v) is 8.11. The summed E-state index contributed by atoms with van der Waals surface area (Å²) < 4.78 is 5.31. The molecule has 0 radical (unpaired) electrons. The van der Waals surface area contributed by atoms with Crippen LogP contribution in [0.15, 0.2) is 78.9 Å². The molecule has 6 nitrogen and oxygen atoms in total. The number of methoxy groups -OCH3 is 1. The predicted molar refractivity (Wildman–Crippen MR) is 131 cm³/mol. The largest absolute Gasteiger partial charge is 0.497 e. The fourth-order valence-corrected chi connectivity index (χ4v) is 4.49. The number of fused-ring (bicyclic) bond motifs is 1. The number of hydrogen-bond donors (Lipinski definition) is 1. The highest BCUT2D eigenvalue weighted by atomic mass is 16.5. The molecule has 0 saturated carbocycles. The third kappa shape index (κ3) is 4.42. The van der Waals surface area contributed by atoms with Gasteiger partial charge in [0.05, 0.1) is 13.2 Å². The van der Waals surface area contributed by atoms with Crippen LogP contribution in [0.5, 0.6) is 5.75 Å². The van der Waals surface area contributed by atoms with Gasteiger partial charge in [-0.15, -0.1) is 0 Å². The third-order valence-electron chi connectivity index (χ3n) is 5.99. The number of amides is 3. The average molecular weight is 444 g/mol. The van der Waals surface area contributed by atoms with Crippen LogP contribution < -0.4 is 19.9 Å². The Bertz CT molecular complexity index is 1130. The van der Waals surface area contributed by atoms with Crippen molar-refractivity contribution in [1.82, 2.24) is 5.32 Å². The zero-order valence-electron chi connectivity index (χ0n) is 19.2. The Morgan fingerprint density at radius 3 is 2.48 bits per heavy atom. The maximum Gasteiger partial charge on any atom is 0.322 e. The van der Waals surface area contributed by atoms with E-state index in [0.717, 1.165) is 16.9 Å². The van der Waals surface area contributed by atoms with E-state index in [-0.39, 0.29) is 24.0 Å². The maximum atomic E-state index is 13.6. The molecule has 0 bridgehead atoms. The van der Waals surface area contributed by atoms with E-state index < -0.39 is 0 Å². The van der Waals surface area contributed by atoms with Crippen LogP contribution in [0.1, 0.15) is 42.2 Å². The lowest BCUT2D eigenvalue weighted by Crippen LogP contribution is -2.49. The summed E-state index contributed by atoms with van der Waals surface area (Å²) in [6, 6.07) is 24.2. The second kappa shape index (κ2) is 9.77. The van der Waals surface area contributed by atoms with Gasteiger partial charge in [0.1, 0.15) is 5.75 Å². The molecule has 3 amide bonds. The number of urea groups is 1. The second-order valence-electron chi connectivity index (χ2n) is 8.11. The van der Waals surface area contributed by atoms with Gasteiger partial charge in [-0.2, -0.15) is 0 Å². The number of nitrogens with one attached hydrogen (secondary N) is 1. The first kappa shape index (κ1) is 22.4. The zero-order valence-corrected chi connectivity index (χ0v) is 19.2. The SMILES string of the molecule is CCNC(=O)N(c1ccccc1)[C@@H]1C[C@H](C)N(C(=O)c2cccc(OC)c2)c2ccccc21. The molecule has 170 valence electrons. The van der Waals surface area contributed by atoms with Crippen molar-refractivity contribution in [2.45, 2.75) is 32.4 Å². The summed E-state index contributed by atoms with van der Waals surface area (Å²) in [5.41, 5.74) is 3.15. The van der Waals surface area contributed by atoms with Crippen molar-refractivity contribution >= 4 is 23.3 Å².